The zero-order chi connectivity index (χ0) is 12.8. The van der Waals surface area contributed by atoms with E-state index in [0.29, 0.717) is 12.5 Å². The maximum atomic E-state index is 11.6. The van der Waals surface area contributed by atoms with E-state index >= 15 is 0 Å². The molecule has 0 saturated heterocycles. The maximum absolute atomic E-state index is 11.6. The van der Waals surface area contributed by atoms with Crippen molar-refractivity contribution in [2.75, 3.05) is 6.54 Å². The molecule has 1 aromatic heterocycles. The fourth-order valence-corrected chi connectivity index (χ4v) is 1.91. The fraction of sp³-hybridized carbons (Fsp3) is 0.643. The van der Waals surface area contributed by atoms with Gasteiger partial charge < -0.3 is 15.1 Å². The second-order valence-corrected chi connectivity index (χ2v) is 5.06. The van der Waals surface area contributed by atoms with E-state index in [1.165, 1.54) is 12.8 Å². The average Bonchev–Trinajstić information content (AvgIpc) is 3.01. The first-order chi connectivity index (χ1) is 8.74. The quantitative estimate of drug-likeness (QED) is 0.740. The van der Waals surface area contributed by atoms with Crippen molar-refractivity contribution in [2.45, 2.75) is 51.1 Å². The average molecular weight is 250 g/mol. The van der Waals surface area contributed by atoms with Crippen molar-refractivity contribution in [3.8, 4) is 0 Å². The summed E-state index contributed by atoms with van der Waals surface area (Å²) < 4.78 is 5.26. The van der Waals surface area contributed by atoms with Gasteiger partial charge in [-0.25, -0.2) is 0 Å². The lowest BCUT2D eigenvalue weighted by Crippen LogP contribution is -2.35. The van der Waals surface area contributed by atoms with Crippen LogP contribution in [-0.4, -0.2) is 24.5 Å². The van der Waals surface area contributed by atoms with Gasteiger partial charge in [-0.15, -0.1) is 0 Å². The first kappa shape index (κ1) is 13.1. The van der Waals surface area contributed by atoms with Gasteiger partial charge >= 0.3 is 0 Å². The minimum absolute atomic E-state index is 0.134. The molecule has 0 aliphatic heterocycles. The first-order valence-corrected chi connectivity index (χ1v) is 6.79. The summed E-state index contributed by atoms with van der Waals surface area (Å²) >= 11 is 0. The van der Waals surface area contributed by atoms with Gasteiger partial charge in [-0.2, -0.15) is 0 Å². The molecule has 1 aromatic rings. The Morgan fingerprint density at radius 2 is 2.39 bits per heavy atom. The standard InChI is InChI=1S/C14H22N2O2/c1-11(4-7-13-3-2-10-18-13)16-14(17)8-9-15-12-5-6-12/h2-3,10-12,15H,4-9H2,1H3,(H,16,17). The number of hydrogen-bond donors (Lipinski definition) is 2. The van der Waals surface area contributed by atoms with Crippen molar-refractivity contribution in [3.05, 3.63) is 24.2 Å². The topological polar surface area (TPSA) is 54.3 Å². The van der Waals surface area contributed by atoms with E-state index in [1.54, 1.807) is 6.26 Å². The van der Waals surface area contributed by atoms with E-state index in [0.717, 1.165) is 25.1 Å². The number of furan rings is 1. The number of rotatable bonds is 8. The van der Waals surface area contributed by atoms with E-state index in [2.05, 4.69) is 10.6 Å². The Morgan fingerprint density at radius 1 is 1.56 bits per heavy atom. The van der Waals surface area contributed by atoms with Gasteiger partial charge in [0, 0.05) is 31.5 Å². The molecule has 1 saturated carbocycles. The predicted molar refractivity (Wildman–Crippen MR) is 70.3 cm³/mol. The van der Waals surface area contributed by atoms with E-state index in [-0.39, 0.29) is 11.9 Å². The second-order valence-electron chi connectivity index (χ2n) is 5.06. The highest BCUT2D eigenvalue weighted by Gasteiger charge is 2.20. The molecule has 0 radical (unpaired) electrons. The summed E-state index contributed by atoms with van der Waals surface area (Å²) in [5, 5.41) is 6.36. The van der Waals surface area contributed by atoms with Crippen molar-refractivity contribution in [2.24, 2.45) is 0 Å². The van der Waals surface area contributed by atoms with Crippen LogP contribution in [0, 0.1) is 0 Å². The highest BCUT2D eigenvalue weighted by molar-refractivity contribution is 5.76. The Bertz CT molecular complexity index is 358. The van der Waals surface area contributed by atoms with Gasteiger partial charge in [0.05, 0.1) is 6.26 Å². The highest BCUT2D eigenvalue weighted by Crippen LogP contribution is 2.18. The number of carbonyl (C=O) groups excluding carboxylic acids is 1. The molecule has 0 aromatic carbocycles. The number of hydrogen-bond acceptors (Lipinski definition) is 3. The molecule has 2 rings (SSSR count). The second kappa shape index (κ2) is 6.59. The molecular formula is C14H22N2O2. The van der Waals surface area contributed by atoms with Crippen LogP contribution in [0.4, 0.5) is 0 Å². The van der Waals surface area contributed by atoms with Crippen LogP contribution in [-0.2, 0) is 11.2 Å². The molecule has 1 unspecified atom stereocenters. The van der Waals surface area contributed by atoms with Crippen LogP contribution in [0.1, 0.15) is 38.4 Å². The Labute approximate surface area is 108 Å². The van der Waals surface area contributed by atoms with E-state index in [1.807, 2.05) is 19.1 Å². The number of nitrogens with one attached hydrogen (secondary N) is 2. The van der Waals surface area contributed by atoms with Gasteiger partial charge in [-0.3, -0.25) is 4.79 Å². The van der Waals surface area contributed by atoms with E-state index < -0.39 is 0 Å². The first-order valence-electron chi connectivity index (χ1n) is 6.79. The summed E-state index contributed by atoms with van der Waals surface area (Å²) in [5.74, 6) is 1.11. The van der Waals surface area contributed by atoms with Crippen molar-refractivity contribution in [3.63, 3.8) is 0 Å². The van der Waals surface area contributed by atoms with Gasteiger partial charge in [0.2, 0.25) is 5.91 Å². The summed E-state index contributed by atoms with van der Waals surface area (Å²) in [4.78, 5) is 11.6. The Hall–Kier alpha value is -1.29. The Kier molecular flexibility index (Phi) is 4.81. The van der Waals surface area contributed by atoms with Gasteiger partial charge in [-0.1, -0.05) is 0 Å². The normalized spacial score (nSPS) is 16.5. The lowest BCUT2D eigenvalue weighted by atomic mass is 10.1. The largest absolute Gasteiger partial charge is 0.469 e. The molecule has 18 heavy (non-hydrogen) atoms. The maximum Gasteiger partial charge on any atom is 0.221 e. The van der Waals surface area contributed by atoms with Crippen LogP contribution in [0.25, 0.3) is 0 Å². The van der Waals surface area contributed by atoms with Crippen molar-refractivity contribution in [1.82, 2.24) is 10.6 Å². The molecule has 4 nitrogen and oxygen atoms in total. The molecule has 1 atom stereocenters. The highest BCUT2D eigenvalue weighted by atomic mass is 16.3. The third kappa shape index (κ3) is 4.92. The third-order valence-electron chi connectivity index (χ3n) is 3.17. The molecule has 2 N–H and O–H groups in total. The molecule has 1 aliphatic carbocycles. The molecule has 0 bridgehead atoms. The van der Waals surface area contributed by atoms with Crippen molar-refractivity contribution in [1.29, 1.82) is 0 Å². The number of amides is 1. The van der Waals surface area contributed by atoms with Crippen LogP contribution < -0.4 is 10.6 Å². The zero-order valence-corrected chi connectivity index (χ0v) is 10.9. The van der Waals surface area contributed by atoms with Crippen LogP contribution >= 0.6 is 0 Å². The molecule has 1 aliphatic rings. The predicted octanol–water partition coefficient (Wildman–Crippen LogP) is 1.86. The monoisotopic (exact) mass is 250 g/mol. The molecule has 1 fully saturated rings. The number of aryl methyl sites for hydroxylation is 1. The smallest absolute Gasteiger partial charge is 0.221 e. The molecule has 0 spiro atoms. The lowest BCUT2D eigenvalue weighted by molar-refractivity contribution is -0.121. The van der Waals surface area contributed by atoms with E-state index in [4.69, 9.17) is 4.42 Å². The SMILES string of the molecule is CC(CCc1ccco1)NC(=O)CCNC1CC1. The number of carbonyl (C=O) groups is 1. The summed E-state index contributed by atoms with van der Waals surface area (Å²) in [6.07, 6.45) is 6.57. The fourth-order valence-electron chi connectivity index (χ4n) is 1.91. The Balaban J connectivity index is 1.54. The minimum atomic E-state index is 0.134. The van der Waals surface area contributed by atoms with E-state index in [9.17, 15) is 4.79 Å². The van der Waals surface area contributed by atoms with Crippen LogP contribution in [0.15, 0.2) is 22.8 Å². The van der Waals surface area contributed by atoms with Crippen LogP contribution in [0.5, 0.6) is 0 Å². The summed E-state index contributed by atoms with van der Waals surface area (Å²) in [7, 11) is 0. The summed E-state index contributed by atoms with van der Waals surface area (Å²) in [5.41, 5.74) is 0. The molecule has 100 valence electrons. The van der Waals surface area contributed by atoms with Gasteiger partial charge in [0.1, 0.15) is 5.76 Å². The molecule has 1 heterocycles. The summed E-state index contributed by atoms with van der Waals surface area (Å²) in [6.45, 7) is 2.83. The van der Waals surface area contributed by atoms with Crippen molar-refractivity contribution >= 4 is 5.91 Å². The minimum Gasteiger partial charge on any atom is -0.469 e. The van der Waals surface area contributed by atoms with Gasteiger partial charge in [0.15, 0.2) is 0 Å². The molecular weight excluding hydrogens is 228 g/mol. The van der Waals surface area contributed by atoms with Gasteiger partial charge in [0.25, 0.3) is 0 Å². The summed E-state index contributed by atoms with van der Waals surface area (Å²) in [6, 6.07) is 4.73. The third-order valence-corrected chi connectivity index (χ3v) is 3.17. The van der Waals surface area contributed by atoms with Crippen LogP contribution in [0.2, 0.25) is 0 Å². The van der Waals surface area contributed by atoms with Gasteiger partial charge in [-0.05, 0) is 38.3 Å². The zero-order valence-electron chi connectivity index (χ0n) is 10.9. The lowest BCUT2D eigenvalue weighted by Gasteiger charge is -2.13. The molecule has 1 amide bonds. The Morgan fingerprint density at radius 3 is 3.06 bits per heavy atom. The molecule has 4 heteroatoms. The van der Waals surface area contributed by atoms with Crippen LogP contribution in [0.3, 0.4) is 0 Å². The van der Waals surface area contributed by atoms with Crippen molar-refractivity contribution < 1.29 is 9.21 Å².